The van der Waals surface area contributed by atoms with Gasteiger partial charge in [-0.15, -0.1) is 0 Å². The van der Waals surface area contributed by atoms with Crippen molar-refractivity contribution in [2.24, 2.45) is 0 Å². The van der Waals surface area contributed by atoms with Crippen molar-refractivity contribution in [1.82, 2.24) is 5.32 Å². The first-order chi connectivity index (χ1) is 7.70. The van der Waals surface area contributed by atoms with Crippen LogP contribution in [0.2, 0.25) is 0 Å². The Hall–Kier alpha value is -1.71. The van der Waals surface area contributed by atoms with Crippen molar-refractivity contribution >= 4 is 11.6 Å². The molecule has 1 saturated heterocycles. The summed E-state index contributed by atoms with van der Waals surface area (Å²) in [4.78, 5) is 11.3. The van der Waals surface area contributed by atoms with Crippen molar-refractivity contribution in [2.75, 3.05) is 19.4 Å². The van der Waals surface area contributed by atoms with Crippen molar-refractivity contribution in [3.05, 3.63) is 23.8 Å². The molecular weight excluding hydrogens is 204 g/mol. The van der Waals surface area contributed by atoms with Crippen molar-refractivity contribution in [3.63, 3.8) is 0 Å². The Morgan fingerprint density at radius 1 is 1.50 bits per heavy atom. The Kier molecular flexibility index (Phi) is 2.99. The highest BCUT2D eigenvalue weighted by Crippen LogP contribution is 2.33. The molecule has 0 radical (unpaired) electrons. The zero-order chi connectivity index (χ0) is 11.5. The number of hydrogen-bond donors (Lipinski definition) is 2. The number of rotatable bonds is 2. The maximum Gasteiger partial charge on any atom is 0.220 e. The summed E-state index contributed by atoms with van der Waals surface area (Å²) < 4.78 is 5.30. The fraction of sp³-hybridized carbons (Fsp3) is 0.417. The summed E-state index contributed by atoms with van der Waals surface area (Å²) in [5, 5.41) is 2.83. The smallest absolute Gasteiger partial charge is 0.220 e. The molecule has 2 rings (SSSR count). The van der Waals surface area contributed by atoms with Crippen molar-refractivity contribution in [1.29, 1.82) is 0 Å². The molecule has 4 nitrogen and oxygen atoms in total. The van der Waals surface area contributed by atoms with E-state index in [-0.39, 0.29) is 11.8 Å². The maximum absolute atomic E-state index is 11.3. The lowest BCUT2D eigenvalue weighted by atomic mass is 9.89. The first-order valence-electron chi connectivity index (χ1n) is 5.41. The van der Waals surface area contributed by atoms with Crippen LogP contribution in [0, 0.1) is 0 Å². The van der Waals surface area contributed by atoms with Gasteiger partial charge < -0.3 is 15.8 Å². The molecular formula is C12H16N2O2. The summed E-state index contributed by atoms with van der Waals surface area (Å²) in [7, 11) is 1.63. The molecule has 1 aliphatic rings. The van der Waals surface area contributed by atoms with E-state index in [4.69, 9.17) is 10.5 Å². The molecule has 0 spiro atoms. The normalized spacial score (nSPS) is 20.3. The minimum Gasteiger partial charge on any atom is -0.496 e. The minimum atomic E-state index is 0.107. The second-order valence-electron chi connectivity index (χ2n) is 4.04. The van der Waals surface area contributed by atoms with E-state index >= 15 is 0 Å². The highest BCUT2D eigenvalue weighted by atomic mass is 16.5. The van der Waals surface area contributed by atoms with Crippen LogP contribution < -0.4 is 15.8 Å². The Morgan fingerprint density at radius 3 is 3.00 bits per heavy atom. The van der Waals surface area contributed by atoms with Crippen LogP contribution in [-0.2, 0) is 4.79 Å². The Bertz CT molecular complexity index is 404. The highest BCUT2D eigenvalue weighted by Gasteiger charge is 2.23. The Balaban J connectivity index is 2.28. The fourth-order valence-corrected chi connectivity index (χ4v) is 2.11. The summed E-state index contributed by atoms with van der Waals surface area (Å²) in [6, 6.07) is 5.61. The summed E-state index contributed by atoms with van der Waals surface area (Å²) in [5.74, 6) is 1.12. The summed E-state index contributed by atoms with van der Waals surface area (Å²) in [6.07, 6.45) is 1.48. The van der Waals surface area contributed by atoms with Gasteiger partial charge >= 0.3 is 0 Å². The number of piperidine rings is 1. The molecule has 3 N–H and O–H groups in total. The largest absolute Gasteiger partial charge is 0.496 e. The summed E-state index contributed by atoms with van der Waals surface area (Å²) >= 11 is 0. The van der Waals surface area contributed by atoms with E-state index in [1.807, 2.05) is 18.2 Å². The van der Waals surface area contributed by atoms with Crippen LogP contribution in [0.15, 0.2) is 18.2 Å². The Morgan fingerprint density at radius 2 is 2.31 bits per heavy atom. The molecule has 0 bridgehead atoms. The van der Waals surface area contributed by atoms with E-state index in [1.54, 1.807) is 7.11 Å². The number of carbonyl (C=O) groups is 1. The van der Waals surface area contributed by atoms with Gasteiger partial charge in [-0.25, -0.2) is 0 Å². The number of ether oxygens (including phenoxy) is 1. The third-order valence-corrected chi connectivity index (χ3v) is 2.94. The van der Waals surface area contributed by atoms with Gasteiger partial charge in [0.05, 0.1) is 7.11 Å². The van der Waals surface area contributed by atoms with E-state index < -0.39 is 0 Å². The molecule has 86 valence electrons. The summed E-state index contributed by atoms with van der Waals surface area (Å²) in [6.45, 7) is 0.733. The number of benzene rings is 1. The number of hydrogen-bond acceptors (Lipinski definition) is 3. The van der Waals surface area contributed by atoms with E-state index in [0.717, 1.165) is 24.3 Å². The lowest BCUT2D eigenvalue weighted by Gasteiger charge is -2.24. The first kappa shape index (κ1) is 10.8. The van der Waals surface area contributed by atoms with Gasteiger partial charge in [0.15, 0.2) is 0 Å². The van der Waals surface area contributed by atoms with E-state index in [9.17, 15) is 4.79 Å². The zero-order valence-electron chi connectivity index (χ0n) is 9.32. The van der Waals surface area contributed by atoms with E-state index in [1.165, 1.54) is 0 Å². The molecule has 1 heterocycles. The third kappa shape index (κ3) is 2.10. The number of amides is 1. The quantitative estimate of drug-likeness (QED) is 0.738. The molecule has 1 amide bonds. The van der Waals surface area contributed by atoms with Crippen LogP contribution in [0.5, 0.6) is 5.75 Å². The molecule has 0 aromatic heterocycles. The van der Waals surface area contributed by atoms with Gasteiger partial charge in [0, 0.05) is 24.7 Å². The van der Waals surface area contributed by atoms with Gasteiger partial charge in [0.25, 0.3) is 0 Å². The highest BCUT2D eigenvalue weighted by molar-refractivity contribution is 5.78. The number of methoxy groups -OCH3 is 1. The van der Waals surface area contributed by atoms with Gasteiger partial charge in [-0.1, -0.05) is 6.07 Å². The predicted molar refractivity (Wildman–Crippen MR) is 62.4 cm³/mol. The molecule has 1 aromatic rings. The van der Waals surface area contributed by atoms with Gasteiger partial charge in [0.1, 0.15) is 5.75 Å². The lowest BCUT2D eigenvalue weighted by molar-refractivity contribution is -0.122. The number of carbonyl (C=O) groups excluding carboxylic acids is 1. The number of anilines is 1. The molecule has 0 aliphatic carbocycles. The van der Waals surface area contributed by atoms with Gasteiger partial charge in [-0.3, -0.25) is 4.79 Å². The van der Waals surface area contributed by atoms with Crippen LogP contribution in [0.4, 0.5) is 5.69 Å². The SMILES string of the molecule is COc1cc(N)ccc1[C@@H]1CCNC(=O)C1. The van der Waals surface area contributed by atoms with Crippen molar-refractivity contribution in [2.45, 2.75) is 18.8 Å². The van der Waals surface area contributed by atoms with Crippen molar-refractivity contribution < 1.29 is 9.53 Å². The molecule has 1 aromatic carbocycles. The summed E-state index contributed by atoms with van der Waals surface area (Å²) in [5.41, 5.74) is 7.46. The molecule has 1 atom stereocenters. The average Bonchev–Trinajstić information content (AvgIpc) is 2.28. The standard InChI is InChI=1S/C12H16N2O2/c1-16-11-7-9(13)2-3-10(11)8-4-5-14-12(15)6-8/h2-3,7-8H,4-6,13H2,1H3,(H,14,15)/t8-/m1/s1. The maximum atomic E-state index is 11.3. The first-order valence-corrected chi connectivity index (χ1v) is 5.41. The van der Waals surface area contributed by atoms with E-state index in [0.29, 0.717) is 12.1 Å². The van der Waals surface area contributed by atoms with Crippen LogP contribution in [0.3, 0.4) is 0 Å². The topological polar surface area (TPSA) is 64.3 Å². The molecule has 4 heteroatoms. The van der Waals surface area contributed by atoms with Crippen LogP contribution in [0.25, 0.3) is 0 Å². The second kappa shape index (κ2) is 4.43. The number of nitrogens with two attached hydrogens (primary N) is 1. The van der Waals surface area contributed by atoms with Crippen LogP contribution in [-0.4, -0.2) is 19.6 Å². The lowest BCUT2D eigenvalue weighted by Crippen LogP contribution is -2.32. The molecule has 1 aliphatic heterocycles. The third-order valence-electron chi connectivity index (χ3n) is 2.94. The average molecular weight is 220 g/mol. The van der Waals surface area contributed by atoms with Crippen LogP contribution >= 0.6 is 0 Å². The van der Waals surface area contributed by atoms with Gasteiger partial charge in [-0.05, 0) is 24.0 Å². The minimum absolute atomic E-state index is 0.107. The van der Waals surface area contributed by atoms with Gasteiger partial charge in [-0.2, -0.15) is 0 Å². The number of nitrogen functional groups attached to an aromatic ring is 1. The van der Waals surface area contributed by atoms with E-state index in [2.05, 4.69) is 5.32 Å². The predicted octanol–water partition coefficient (Wildman–Crippen LogP) is 1.27. The molecule has 0 unspecified atom stereocenters. The fourth-order valence-electron chi connectivity index (χ4n) is 2.11. The molecule has 16 heavy (non-hydrogen) atoms. The number of nitrogens with one attached hydrogen (secondary N) is 1. The van der Waals surface area contributed by atoms with Gasteiger partial charge in [0.2, 0.25) is 5.91 Å². The van der Waals surface area contributed by atoms with Crippen molar-refractivity contribution in [3.8, 4) is 5.75 Å². The second-order valence-corrected chi connectivity index (χ2v) is 4.04. The van der Waals surface area contributed by atoms with Crippen LogP contribution in [0.1, 0.15) is 24.3 Å². The monoisotopic (exact) mass is 220 g/mol. The Labute approximate surface area is 94.8 Å². The molecule has 1 fully saturated rings. The zero-order valence-corrected chi connectivity index (χ0v) is 9.32. The molecule has 0 saturated carbocycles.